The number of aliphatic carboxylic acids is 1. The molecule has 0 amide bonds. The van der Waals surface area contributed by atoms with E-state index in [-0.39, 0.29) is 0 Å². The Morgan fingerprint density at radius 1 is 1.39 bits per heavy atom. The van der Waals surface area contributed by atoms with Crippen LogP contribution in [-0.2, 0) is 4.79 Å². The molecule has 0 bridgehead atoms. The zero-order valence-corrected chi connectivity index (χ0v) is 10.2. The van der Waals surface area contributed by atoms with Crippen molar-refractivity contribution in [2.45, 2.75) is 6.04 Å². The van der Waals surface area contributed by atoms with E-state index in [0.717, 1.165) is 12.2 Å². The SMILES string of the molecule is CN1CCN(c2ccc(C#N)cc2)C(C(=O)O)C1. The van der Waals surface area contributed by atoms with E-state index >= 15 is 0 Å². The minimum Gasteiger partial charge on any atom is -0.480 e. The second kappa shape index (κ2) is 5.07. The van der Waals surface area contributed by atoms with Crippen molar-refractivity contribution in [1.82, 2.24) is 4.90 Å². The molecule has 1 aliphatic rings. The second-order valence-corrected chi connectivity index (χ2v) is 4.47. The van der Waals surface area contributed by atoms with Gasteiger partial charge < -0.3 is 14.9 Å². The van der Waals surface area contributed by atoms with Crippen LogP contribution < -0.4 is 4.90 Å². The Morgan fingerprint density at radius 3 is 2.61 bits per heavy atom. The molecular formula is C13H15N3O2. The summed E-state index contributed by atoms with van der Waals surface area (Å²) in [5, 5.41) is 18.0. The summed E-state index contributed by atoms with van der Waals surface area (Å²) in [5.41, 5.74) is 1.44. The molecule has 94 valence electrons. The molecule has 5 nitrogen and oxygen atoms in total. The van der Waals surface area contributed by atoms with Gasteiger partial charge in [0.25, 0.3) is 0 Å². The summed E-state index contributed by atoms with van der Waals surface area (Å²) < 4.78 is 0. The van der Waals surface area contributed by atoms with Gasteiger partial charge in [0.15, 0.2) is 0 Å². The number of benzene rings is 1. The van der Waals surface area contributed by atoms with Crippen molar-refractivity contribution in [3.05, 3.63) is 29.8 Å². The summed E-state index contributed by atoms with van der Waals surface area (Å²) in [4.78, 5) is 15.2. The molecule has 1 heterocycles. The Morgan fingerprint density at radius 2 is 2.06 bits per heavy atom. The lowest BCUT2D eigenvalue weighted by atomic mass is 10.1. The van der Waals surface area contributed by atoms with E-state index in [2.05, 4.69) is 6.07 Å². The molecule has 0 aliphatic carbocycles. The number of likely N-dealkylation sites (N-methyl/N-ethyl adjacent to an activating group) is 1. The van der Waals surface area contributed by atoms with E-state index in [0.29, 0.717) is 18.7 Å². The standard InChI is InChI=1S/C13H15N3O2/c1-15-6-7-16(12(9-15)13(17)18)11-4-2-10(8-14)3-5-11/h2-5,12H,6-7,9H2,1H3,(H,17,18). The number of hydrogen-bond acceptors (Lipinski definition) is 4. The third-order valence-corrected chi connectivity index (χ3v) is 3.20. The molecule has 1 unspecified atom stereocenters. The maximum atomic E-state index is 11.3. The van der Waals surface area contributed by atoms with Gasteiger partial charge in [-0.25, -0.2) is 4.79 Å². The van der Waals surface area contributed by atoms with Gasteiger partial charge in [-0.1, -0.05) is 0 Å². The number of carbonyl (C=O) groups is 1. The largest absolute Gasteiger partial charge is 0.480 e. The van der Waals surface area contributed by atoms with E-state index < -0.39 is 12.0 Å². The Hall–Kier alpha value is -2.06. The van der Waals surface area contributed by atoms with Crippen LogP contribution >= 0.6 is 0 Å². The molecule has 0 aromatic heterocycles. The molecule has 1 fully saturated rings. The molecule has 5 heteroatoms. The van der Waals surface area contributed by atoms with Crippen molar-refractivity contribution in [2.75, 3.05) is 31.6 Å². The Labute approximate surface area is 106 Å². The number of hydrogen-bond donors (Lipinski definition) is 1. The Balaban J connectivity index is 2.24. The first-order valence-corrected chi connectivity index (χ1v) is 5.80. The maximum Gasteiger partial charge on any atom is 0.327 e. The van der Waals surface area contributed by atoms with Gasteiger partial charge in [-0.2, -0.15) is 5.26 Å². The first kappa shape index (κ1) is 12.4. The quantitative estimate of drug-likeness (QED) is 0.833. The van der Waals surface area contributed by atoms with Crippen molar-refractivity contribution >= 4 is 11.7 Å². The molecule has 1 aromatic carbocycles. The molecule has 0 saturated carbocycles. The van der Waals surface area contributed by atoms with Crippen LogP contribution in [0.4, 0.5) is 5.69 Å². The summed E-state index contributed by atoms with van der Waals surface area (Å²) in [6.07, 6.45) is 0. The predicted octanol–water partition coefficient (Wildman–Crippen LogP) is 0.763. The third-order valence-electron chi connectivity index (χ3n) is 3.20. The summed E-state index contributed by atoms with van der Waals surface area (Å²) in [5.74, 6) is -0.814. The minimum absolute atomic E-state index is 0.509. The number of carboxylic acids is 1. The van der Waals surface area contributed by atoms with E-state index in [1.165, 1.54) is 0 Å². The number of anilines is 1. The highest BCUT2D eigenvalue weighted by Gasteiger charge is 2.30. The average Bonchev–Trinajstić information content (AvgIpc) is 2.39. The Kier molecular flexibility index (Phi) is 3.49. The van der Waals surface area contributed by atoms with Crippen molar-refractivity contribution < 1.29 is 9.90 Å². The second-order valence-electron chi connectivity index (χ2n) is 4.47. The normalized spacial score (nSPS) is 20.4. The molecule has 1 aromatic rings. The van der Waals surface area contributed by atoms with Gasteiger partial charge in [0.05, 0.1) is 11.6 Å². The average molecular weight is 245 g/mol. The van der Waals surface area contributed by atoms with Crippen LogP contribution in [-0.4, -0.2) is 48.7 Å². The van der Waals surface area contributed by atoms with Gasteiger partial charge in [-0.05, 0) is 31.3 Å². The molecule has 1 N–H and O–H groups in total. The molecule has 1 atom stereocenters. The van der Waals surface area contributed by atoms with Crippen LogP contribution in [0.1, 0.15) is 5.56 Å². The topological polar surface area (TPSA) is 67.6 Å². The molecule has 0 radical (unpaired) electrons. The highest BCUT2D eigenvalue weighted by Crippen LogP contribution is 2.20. The van der Waals surface area contributed by atoms with E-state index in [4.69, 9.17) is 5.26 Å². The first-order chi connectivity index (χ1) is 8.61. The van der Waals surface area contributed by atoms with E-state index in [1.807, 2.05) is 16.8 Å². The van der Waals surface area contributed by atoms with Crippen molar-refractivity contribution in [3.8, 4) is 6.07 Å². The number of carboxylic acid groups (broad SMARTS) is 1. The fraction of sp³-hybridized carbons (Fsp3) is 0.385. The fourth-order valence-electron chi connectivity index (χ4n) is 2.17. The summed E-state index contributed by atoms with van der Waals surface area (Å²) in [7, 11) is 1.92. The maximum absolute atomic E-state index is 11.3. The summed E-state index contributed by atoms with van der Waals surface area (Å²) >= 11 is 0. The van der Waals surface area contributed by atoms with Gasteiger partial charge >= 0.3 is 5.97 Å². The Bertz CT molecular complexity index is 478. The van der Waals surface area contributed by atoms with E-state index in [9.17, 15) is 9.90 Å². The van der Waals surface area contributed by atoms with Crippen LogP contribution in [0.15, 0.2) is 24.3 Å². The summed E-state index contributed by atoms with van der Waals surface area (Å²) in [6.45, 7) is 2.03. The van der Waals surface area contributed by atoms with E-state index in [1.54, 1.807) is 24.3 Å². The summed E-state index contributed by atoms with van der Waals surface area (Å²) in [6, 6.07) is 8.56. The predicted molar refractivity (Wildman–Crippen MR) is 67.4 cm³/mol. The number of piperazine rings is 1. The zero-order valence-electron chi connectivity index (χ0n) is 10.2. The van der Waals surface area contributed by atoms with Gasteiger partial charge in [0, 0.05) is 25.3 Å². The number of nitriles is 1. The van der Waals surface area contributed by atoms with Crippen LogP contribution in [0.3, 0.4) is 0 Å². The van der Waals surface area contributed by atoms with Gasteiger partial charge in [0.2, 0.25) is 0 Å². The smallest absolute Gasteiger partial charge is 0.327 e. The van der Waals surface area contributed by atoms with Crippen molar-refractivity contribution in [1.29, 1.82) is 5.26 Å². The minimum atomic E-state index is -0.814. The van der Waals surface area contributed by atoms with Crippen molar-refractivity contribution in [3.63, 3.8) is 0 Å². The highest BCUT2D eigenvalue weighted by molar-refractivity contribution is 5.79. The molecule has 18 heavy (non-hydrogen) atoms. The lowest BCUT2D eigenvalue weighted by molar-refractivity contribution is -0.139. The van der Waals surface area contributed by atoms with Crippen LogP contribution in [0.2, 0.25) is 0 Å². The van der Waals surface area contributed by atoms with Gasteiger partial charge in [-0.3, -0.25) is 0 Å². The molecule has 0 spiro atoms. The zero-order chi connectivity index (χ0) is 13.1. The highest BCUT2D eigenvalue weighted by atomic mass is 16.4. The third kappa shape index (κ3) is 2.44. The number of rotatable bonds is 2. The van der Waals surface area contributed by atoms with Crippen molar-refractivity contribution in [2.24, 2.45) is 0 Å². The molecule has 1 saturated heterocycles. The first-order valence-electron chi connectivity index (χ1n) is 5.80. The lowest BCUT2D eigenvalue weighted by Gasteiger charge is -2.39. The molecule has 1 aliphatic heterocycles. The number of nitrogens with zero attached hydrogens (tertiary/aromatic N) is 3. The van der Waals surface area contributed by atoms with Gasteiger partial charge in [-0.15, -0.1) is 0 Å². The van der Waals surface area contributed by atoms with Crippen LogP contribution in [0.5, 0.6) is 0 Å². The molecular weight excluding hydrogens is 230 g/mol. The van der Waals surface area contributed by atoms with Crippen LogP contribution in [0.25, 0.3) is 0 Å². The lowest BCUT2D eigenvalue weighted by Crippen LogP contribution is -2.55. The van der Waals surface area contributed by atoms with Gasteiger partial charge in [0.1, 0.15) is 6.04 Å². The fourth-order valence-corrected chi connectivity index (χ4v) is 2.17. The molecule has 2 rings (SSSR count). The monoisotopic (exact) mass is 245 g/mol. The van der Waals surface area contributed by atoms with Crippen LogP contribution in [0, 0.1) is 11.3 Å².